The Bertz CT molecular complexity index is 832. The molecule has 1 saturated heterocycles. The molecular formula is C16H19N3O3S2. The second kappa shape index (κ2) is 6.90. The van der Waals surface area contributed by atoms with Gasteiger partial charge in [-0.15, -0.1) is 11.3 Å². The standard InChI is InChI=1S/C16H19N3O3S2/c1-12-18-13(11-23-12)10-17-16(20)14-4-2-3-5-15(14)19-6-8-24(21,22)9-7-19/h2-5,11H,6-10H2,1H3,(H,17,20). The highest BCUT2D eigenvalue weighted by atomic mass is 32.2. The van der Waals surface area contributed by atoms with E-state index in [1.807, 2.05) is 35.4 Å². The van der Waals surface area contributed by atoms with Gasteiger partial charge in [0, 0.05) is 24.2 Å². The van der Waals surface area contributed by atoms with Crippen LogP contribution in [0.3, 0.4) is 0 Å². The molecule has 8 heteroatoms. The third-order valence-electron chi connectivity index (χ3n) is 3.93. The number of benzene rings is 1. The largest absolute Gasteiger partial charge is 0.369 e. The van der Waals surface area contributed by atoms with Crippen LogP contribution in [0.2, 0.25) is 0 Å². The number of hydrogen-bond donors (Lipinski definition) is 1. The highest BCUT2D eigenvalue weighted by Gasteiger charge is 2.24. The van der Waals surface area contributed by atoms with Crippen molar-refractivity contribution in [2.24, 2.45) is 0 Å². The fourth-order valence-electron chi connectivity index (χ4n) is 2.65. The van der Waals surface area contributed by atoms with Crippen LogP contribution in [0.5, 0.6) is 0 Å². The number of anilines is 1. The number of aromatic nitrogens is 1. The molecule has 0 unspecified atom stereocenters. The average Bonchev–Trinajstić information content (AvgIpc) is 2.98. The van der Waals surface area contributed by atoms with Gasteiger partial charge in [0.05, 0.1) is 34.3 Å². The molecular weight excluding hydrogens is 346 g/mol. The van der Waals surface area contributed by atoms with Gasteiger partial charge in [-0.3, -0.25) is 4.79 Å². The highest BCUT2D eigenvalue weighted by molar-refractivity contribution is 7.91. The maximum Gasteiger partial charge on any atom is 0.253 e. The van der Waals surface area contributed by atoms with E-state index >= 15 is 0 Å². The molecule has 6 nitrogen and oxygen atoms in total. The lowest BCUT2D eigenvalue weighted by molar-refractivity contribution is 0.0951. The van der Waals surface area contributed by atoms with Crippen LogP contribution in [0.1, 0.15) is 21.1 Å². The number of nitrogens with zero attached hydrogens (tertiary/aromatic N) is 2. The van der Waals surface area contributed by atoms with Crippen LogP contribution in [-0.2, 0) is 16.4 Å². The fraction of sp³-hybridized carbons (Fsp3) is 0.375. The zero-order valence-corrected chi connectivity index (χ0v) is 15.0. The smallest absolute Gasteiger partial charge is 0.253 e. The second-order valence-corrected chi connectivity index (χ2v) is 9.06. The normalized spacial score (nSPS) is 16.8. The van der Waals surface area contributed by atoms with E-state index in [1.54, 1.807) is 17.4 Å². The number of amides is 1. The highest BCUT2D eigenvalue weighted by Crippen LogP contribution is 2.22. The van der Waals surface area contributed by atoms with Crippen LogP contribution in [-0.4, -0.2) is 43.9 Å². The van der Waals surface area contributed by atoms with Crippen LogP contribution < -0.4 is 10.2 Å². The molecule has 0 bridgehead atoms. The summed E-state index contributed by atoms with van der Waals surface area (Å²) in [5.74, 6) is 0.0759. The summed E-state index contributed by atoms with van der Waals surface area (Å²) in [4.78, 5) is 18.8. The molecule has 24 heavy (non-hydrogen) atoms. The van der Waals surface area contributed by atoms with Crippen LogP contribution >= 0.6 is 11.3 Å². The molecule has 0 aliphatic carbocycles. The first-order valence-electron chi connectivity index (χ1n) is 7.68. The molecule has 128 valence electrons. The number of aryl methyl sites for hydroxylation is 1. The third kappa shape index (κ3) is 3.93. The number of carbonyl (C=O) groups excluding carboxylic acids is 1. The van der Waals surface area contributed by atoms with E-state index in [9.17, 15) is 13.2 Å². The van der Waals surface area contributed by atoms with Crippen LogP contribution in [0, 0.1) is 6.92 Å². The predicted molar refractivity (Wildman–Crippen MR) is 95.3 cm³/mol. The summed E-state index contributed by atoms with van der Waals surface area (Å²) in [7, 11) is -2.95. The maximum absolute atomic E-state index is 12.5. The summed E-state index contributed by atoms with van der Waals surface area (Å²) in [5, 5.41) is 5.78. The Kier molecular flexibility index (Phi) is 4.86. The molecule has 1 amide bonds. The molecule has 0 saturated carbocycles. The van der Waals surface area contributed by atoms with Crippen LogP contribution in [0.4, 0.5) is 5.69 Å². The molecule has 0 spiro atoms. The number of carbonyl (C=O) groups is 1. The monoisotopic (exact) mass is 365 g/mol. The number of sulfone groups is 1. The minimum Gasteiger partial charge on any atom is -0.369 e. The summed E-state index contributed by atoms with van der Waals surface area (Å²) in [6.07, 6.45) is 0. The molecule has 1 aromatic heterocycles. The number of para-hydroxylation sites is 1. The molecule has 0 radical (unpaired) electrons. The van der Waals surface area contributed by atoms with Crippen molar-refractivity contribution in [2.75, 3.05) is 29.5 Å². The van der Waals surface area contributed by atoms with Crippen molar-refractivity contribution >= 4 is 32.8 Å². The summed E-state index contributed by atoms with van der Waals surface area (Å²) in [5.41, 5.74) is 2.18. The van der Waals surface area contributed by atoms with Crippen molar-refractivity contribution in [2.45, 2.75) is 13.5 Å². The summed E-state index contributed by atoms with van der Waals surface area (Å²) in [6.45, 7) is 3.14. The van der Waals surface area contributed by atoms with Crippen molar-refractivity contribution in [3.63, 3.8) is 0 Å². The zero-order valence-electron chi connectivity index (χ0n) is 13.4. The van der Waals surface area contributed by atoms with E-state index in [-0.39, 0.29) is 17.4 Å². The number of nitrogens with one attached hydrogen (secondary N) is 1. The topological polar surface area (TPSA) is 79.4 Å². The van der Waals surface area contributed by atoms with Gasteiger partial charge >= 0.3 is 0 Å². The van der Waals surface area contributed by atoms with Gasteiger partial charge in [0.15, 0.2) is 9.84 Å². The molecule has 2 heterocycles. The number of rotatable bonds is 4. The lowest BCUT2D eigenvalue weighted by Gasteiger charge is -2.30. The predicted octanol–water partition coefficient (Wildman–Crippen LogP) is 1.62. The summed E-state index contributed by atoms with van der Waals surface area (Å²) in [6, 6.07) is 7.30. The van der Waals surface area contributed by atoms with Gasteiger partial charge in [-0.1, -0.05) is 12.1 Å². The number of hydrogen-bond acceptors (Lipinski definition) is 6. The van der Waals surface area contributed by atoms with Gasteiger partial charge < -0.3 is 10.2 Å². The Labute approximate surface area is 145 Å². The van der Waals surface area contributed by atoms with E-state index < -0.39 is 9.84 Å². The molecule has 1 aliphatic heterocycles. The molecule has 1 aromatic carbocycles. The molecule has 1 N–H and O–H groups in total. The lowest BCUT2D eigenvalue weighted by Crippen LogP contribution is -2.41. The fourth-order valence-corrected chi connectivity index (χ4v) is 4.46. The lowest BCUT2D eigenvalue weighted by atomic mass is 10.1. The quantitative estimate of drug-likeness (QED) is 0.891. The van der Waals surface area contributed by atoms with Crippen LogP contribution in [0.15, 0.2) is 29.6 Å². The van der Waals surface area contributed by atoms with Crippen molar-refractivity contribution < 1.29 is 13.2 Å². The van der Waals surface area contributed by atoms with Gasteiger partial charge in [-0.05, 0) is 19.1 Å². The van der Waals surface area contributed by atoms with Crippen molar-refractivity contribution in [1.29, 1.82) is 0 Å². The van der Waals surface area contributed by atoms with Gasteiger partial charge in [0.2, 0.25) is 0 Å². The van der Waals surface area contributed by atoms with E-state index in [2.05, 4.69) is 10.3 Å². The Morgan fingerprint density at radius 2 is 2.00 bits per heavy atom. The van der Waals surface area contributed by atoms with E-state index in [4.69, 9.17) is 0 Å². The first-order chi connectivity index (χ1) is 11.4. The summed E-state index contributed by atoms with van der Waals surface area (Å²) >= 11 is 1.55. The van der Waals surface area contributed by atoms with E-state index in [0.717, 1.165) is 16.4 Å². The Hall–Kier alpha value is -1.93. The first kappa shape index (κ1) is 16.9. The van der Waals surface area contributed by atoms with E-state index in [1.165, 1.54) is 0 Å². The van der Waals surface area contributed by atoms with Crippen molar-refractivity contribution in [3.05, 3.63) is 45.9 Å². The van der Waals surface area contributed by atoms with Gasteiger partial charge in [0.25, 0.3) is 5.91 Å². The second-order valence-electron chi connectivity index (χ2n) is 5.70. The molecule has 3 rings (SSSR count). The molecule has 0 atom stereocenters. The van der Waals surface area contributed by atoms with Gasteiger partial charge in [-0.2, -0.15) is 0 Å². The summed E-state index contributed by atoms with van der Waals surface area (Å²) < 4.78 is 23.2. The minimum absolute atomic E-state index is 0.126. The Morgan fingerprint density at radius 3 is 2.67 bits per heavy atom. The van der Waals surface area contributed by atoms with Gasteiger partial charge in [-0.25, -0.2) is 13.4 Å². The Balaban J connectivity index is 1.72. The Morgan fingerprint density at radius 1 is 1.29 bits per heavy atom. The first-order valence-corrected chi connectivity index (χ1v) is 10.4. The number of thiazole rings is 1. The molecule has 2 aromatic rings. The average molecular weight is 365 g/mol. The van der Waals surface area contributed by atoms with Crippen molar-refractivity contribution in [3.8, 4) is 0 Å². The molecule has 1 aliphatic rings. The zero-order chi connectivity index (χ0) is 17.2. The minimum atomic E-state index is -2.95. The SMILES string of the molecule is Cc1nc(CNC(=O)c2ccccc2N2CCS(=O)(=O)CC2)cs1. The van der Waals surface area contributed by atoms with Gasteiger partial charge in [0.1, 0.15) is 0 Å². The van der Waals surface area contributed by atoms with E-state index in [0.29, 0.717) is 25.2 Å². The third-order valence-corrected chi connectivity index (χ3v) is 6.36. The van der Waals surface area contributed by atoms with Crippen LogP contribution in [0.25, 0.3) is 0 Å². The maximum atomic E-state index is 12.5. The molecule has 1 fully saturated rings. The van der Waals surface area contributed by atoms with Crippen molar-refractivity contribution in [1.82, 2.24) is 10.3 Å².